The van der Waals surface area contributed by atoms with Crippen molar-refractivity contribution < 1.29 is 4.39 Å². The van der Waals surface area contributed by atoms with Crippen molar-refractivity contribution >= 4 is 38.5 Å². The number of halogens is 2. The Kier molecular flexibility index (Phi) is 3.59. The summed E-state index contributed by atoms with van der Waals surface area (Å²) in [6.07, 6.45) is 3.51. The zero-order valence-corrected chi connectivity index (χ0v) is 12.5. The summed E-state index contributed by atoms with van der Waals surface area (Å²) in [5.74, 6) is -0.397. The molecule has 1 heterocycles. The molecule has 21 heavy (non-hydrogen) atoms. The van der Waals surface area contributed by atoms with Gasteiger partial charge in [-0.25, -0.2) is 4.39 Å². The summed E-state index contributed by atoms with van der Waals surface area (Å²) in [6.45, 7) is 0. The van der Waals surface area contributed by atoms with Crippen LogP contribution in [0, 0.1) is 17.1 Å². The minimum absolute atomic E-state index is 0.300. The van der Waals surface area contributed by atoms with Crippen LogP contribution < -0.4 is 0 Å². The lowest BCUT2D eigenvalue weighted by Gasteiger charge is -2.01. The minimum Gasteiger partial charge on any atom is -0.361 e. The number of aromatic amines is 1. The molecule has 0 saturated carbocycles. The molecule has 0 bridgehead atoms. The molecule has 0 radical (unpaired) electrons. The van der Waals surface area contributed by atoms with Gasteiger partial charge in [0.1, 0.15) is 5.82 Å². The number of hydrogen-bond acceptors (Lipinski definition) is 1. The Morgan fingerprint density at radius 1 is 1.24 bits per heavy atom. The Labute approximate surface area is 129 Å². The summed E-state index contributed by atoms with van der Waals surface area (Å²) in [4.78, 5) is 3.14. The van der Waals surface area contributed by atoms with E-state index < -0.39 is 5.82 Å². The highest BCUT2D eigenvalue weighted by Gasteiger charge is 2.09. The van der Waals surface area contributed by atoms with Crippen molar-refractivity contribution in [2.45, 2.75) is 0 Å². The number of fused-ring (bicyclic) bond motifs is 1. The van der Waals surface area contributed by atoms with E-state index in [2.05, 4.69) is 27.0 Å². The van der Waals surface area contributed by atoms with Crippen LogP contribution >= 0.6 is 15.9 Å². The van der Waals surface area contributed by atoms with E-state index >= 15 is 0 Å². The highest BCUT2D eigenvalue weighted by molar-refractivity contribution is 9.10. The highest BCUT2D eigenvalue weighted by atomic mass is 79.9. The molecule has 0 aliphatic carbocycles. The first-order valence-electron chi connectivity index (χ1n) is 6.32. The van der Waals surface area contributed by atoms with Crippen LogP contribution in [0.2, 0.25) is 0 Å². The summed E-state index contributed by atoms with van der Waals surface area (Å²) in [7, 11) is 0. The van der Waals surface area contributed by atoms with Crippen molar-refractivity contribution in [3.63, 3.8) is 0 Å². The van der Waals surface area contributed by atoms with E-state index in [1.54, 1.807) is 24.3 Å². The summed E-state index contributed by atoms with van der Waals surface area (Å²) in [6, 6.07) is 14.2. The van der Waals surface area contributed by atoms with Gasteiger partial charge in [0.25, 0.3) is 0 Å². The Hall–Kier alpha value is -2.38. The molecule has 4 heteroatoms. The summed E-state index contributed by atoms with van der Waals surface area (Å²) >= 11 is 3.43. The molecule has 0 spiro atoms. The van der Waals surface area contributed by atoms with Gasteiger partial charge in [0.2, 0.25) is 0 Å². The zero-order valence-electron chi connectivity index (χ0n) is 10.9. The molecule has 0 saturated heterocycles. The molecule has 2 nitrogen and oxygen atoms in total. The van der Waals surface area contributed by atoms with Gasteiger partial charge in [-0.3, -0.25) is 0 Å². The van der Waals surface area contributed by atoms with E-state index in [0.717, 1.165) is 20.9 Å². The second-order valence-corrected chi connectivity index (χ2v) is 5.50. The predicted molar refractivity (Wildman–Crippen MR) is 85.9 cm³/mol. The molecular formula is C17H10BrFN2. The topological polar surface area (TPSA) is 39.6 Å². The molecule has 1 N–H and O–H groups in total. The molecule has 3 rings (SSSR count). The second kappa shape index (κ2) is 5.55. The lowest BCUT2D eigenvalue weighted by atomic mass is 10.0. The van der Waals surface area contributed by atoms with Crippen molar-refractivity contribution in [1.82, 2.24) is 4.98 Å². The van der Waals surface area contributed by atoms with Crippen LogP contribution in [0.25, 0.3) is 22.6 Å². The number of nitrogens with one attached hydrogen (secondary N) is 1. The van der Waals surface area contributed by atoms with Crippen LogP contribution in [0.1, 0.15) is 11.1 Å². The van der Waals surface area contributed by atoms with Crippen LogP contribution in [-0.4, -0.2) is 4.98 Å². The normalized spacial score (nSPS) is 11.6. The molecule has 0 fully saturated rings. The summed E-state index contributed by atoms with van der Waals surface area (Å²) in [5, 5.41) is 10.3. The third-order valence-corrected chi connectivity index (χ3v) is 3.75. The Balaban J connectivity index is 2.16. The van der Waals surface area contributed by atoms with Crippen molar-refractivity contribution in [2.75, 3.05) is 0 Å². The maximum absolute atomic E-state index is 13.8. The number of H-pyrrole nitrogens is 1. The molecule has 0 unspecified atom stereocenters. The van der Waals surface area contributed by atoms with Gasteiger partial charge in [0.05, 0.1) is 11.6 Å². The van der Waals surface area contributed by atoms with Crippen molar-refractivity contribution in [2.24, 2.45) is 0 Å². The predicted octanol–water partition coefficient (Wildman–Crippen LogP) is 5.13. The van der Waals surface area contributed by atoms with Gasteiger partial charge in [0.15, 0.2) is 0 Å². The van der Waals surface area contributed by atoms with Gasteiger partial charge >= 0.3 is 0 Å². The average Bonchev–Trinajstić information content (AvgIpc) is 2.88. The fraction of sp³-hybridized carbons (Fsp3) is 0. The van der Waals surface area contributed by atoms with Gasteiger partial charge in [-0.05, 0) is 30.3 Å². The van der Waals surface area contributed by atoms with E-state index in [4.69, 9.17) is 0 Å². The smallest absolute Gasteiger partial charge is 0.131 e. The largest absolute Gasteiger partial charge is 0.361 e. The van der Waals surface area contributed by atoms with Crippen LogP contribution in [0.15, 0.2) is 53.1 Å². The Morgan fingerprint density at radius 3 is 2.81 bits per heavy atom. The third kappa shape index (κ3) is 2.61. The lowest BCUT2D eigenvalue weighted by Crippen LogP contribution is -1.87. The zero-order chi connectivity index (χ0) is 14.8. The number of nitriles is 1. The fourth-order valence-corrected chi connectivity index (χ4v) is 2.60. The highest BCUT2D eigenvalue weighted by Crippen LogP contribution is 2.27. The SMILES string of the molecule is N#CC(=Cc1c[nH]c2ccc(Br)cc12)c1ccccc1F. The fourth-order valence-electron chi connectivity index (χ4n) is 2.24. The summed E-state index contributed by atoms with van der Waals surface area (Å²) in [5.41, 5.74) is 2.43. The molecule has 1 aromatic heterocycles. The number of benzene rings is 2. The average molecular weight is 341 g/mol. The maximum atomic E-state index is 13.8. The second-order valence-electron chi connectivity index (χ2n) is 4.58. The monoisotopic (exact) mass is 340 g/mol. The van der Waals surface area contributed by atoms with Crippen LogP contribution in [0.5, 0.6) is 0 Å². The maximum Gasteiger partial charge on any atom is 0.131 e. The van der Waals surface area contributed by atoms with Gasteiger partial charge in [-0.15, -0.1) is 0 Å². The molecule has 0 amide bonds. The number of nitrogens with zero attached hydrogens (tertiary/aromatic N) is 1. The van der Waals surface area contributed by atoms with E-state index in [1.807, 2.05) is 24.4 Å². The summed E-state index contributed by atoms with van der Waals surface area (Å²) < 4.78 is 14.8. The molecule has 0 aliphatic rings. The van der Waals surface area contributed by atoms with E-state index in [0.29, 0.717) is 11.1 Å². The van der Waals surface area contributed by atoms with Gasteiger partial charge in [-0.2, -0.15) is 5.26 Å². The third-order valence-electron chi connectivity index (χ3n) is 3.26. The lowest BCUT2D eigenvalue weighted by molar-refractivity contribution is 0.624. The molecular weight excluding hydrogens is 331 g/mol. The van der Waals surface area contributed by atoms with E-state index in [1.165, 1.54) is 6.07 Å². The van der Waals surface area contributed by atoms with Gasteiger partial charge in [-0.1, -0.05) is 34.1 Å². The molecule has 0 aliphatic heterocycles. The van der Waals surface area contributed by atoms with Gasteiger partial charge < -0.3 is 4.98 Å². The standard InChI is InChI=1S/C17H10BrFN2/c18-13-5-6-17-15(8-13)12(10-21-17)7-11(9-20)14-3-1-2-4-16(14)19/h1-8,10,21H. The first-order valence-corrected chi connectivity index (χ1v) is 7.11. The first kappa shape index (κ1) is 13.6. The van der Waals surface area contributed by atoms with Crippen LogP contribution in [0.3, 0.4) is 0 Å². The van der Waals surface area contributed by atoms with Crippen molar-refractivity contribution in [3.8, 4) is 6.07 Å². The van der Waals surface area contributed by atoms with Crippen molar-refractivity contribution in [1.29, 1.82) is 5.26 Å². The Bertz CT molecular complexity index is 887. The quantitative estimate of drug-likeness (QED) is 0.645. The van der Waals surface area contributed by atoms with E-state index in [9.17, 15) is 9.65 Å². The Morgan fingerprint density at radius 2 is 2.05 bits per heavy atom. The van der Waals surface area contributed by atoms with Gasteiger partial charge in [0, 0.05) is 32.7 Å². The number of rotatable bonds is 2. The van der Waals surface area contributed by atoms with Crippen LogP contribution in [-0.2, 0) is 0 Å². The minimum atomic E-state index is -0.397. The number of aromatic nitrogens is 1. The van der Waals surface area contributed by atoms with Crippen molar-refractivity contribution in [3.05, 3.63) is 70.1 Å². The molecule has 2 aromatic carbocycles. The number of hydrogen-bond donors (Lipinski definition) is 1. The molecule has 102 valence electrons. The van der Waals surface area contributed by atoms with Crippen LogP contribution in [0.4, 0.5) is 4.39 Å². The molecule has 3 aromatic rings. The first-order chi connectivity index (χ1) is 10.2. The molecule has 0 atom stereocenters. The van der Waals surface area contributed by atoms with E-state index in [-0.39, 0.29) is 0 Å². The number of allylic oxidation sites excluding steroid dienone is 1.